The first-order chi connectivity index (χ1) is 14.8. The van der Waals surface area contributed by atoms with E-state index < -0.39 is 5.41 Å². The SMILES string of the molecule is CCOc1c(Cl)cc(C(=O)Nc2ccc([C@]3(CC)CCC(=O)NC3=O)cc2)cc1OC. The molecule has 31 heavy (non-hydrogen) atoms. The molecular weight excluding hydrogens is 420 g/mol. The third-order valence-electron chi connectivity index (χ3n) is 5.55. The van der Waals surface area contributed by atoms with E-state index in [1.54, 1.807) is 30.3 Å². The lowest BCUT2D eigenvalue weighted by molar-refractivity contribution is -0.138. The molecular formula is C23H25ClN2O5. The summed E-state index contributed by atoms with van der Waals surface area (Å²) in [5, 5.41) is 5.54. The van der Waals surface area contributed by atoms with Crippen LogP contribution in [0, 0.1) is 0 Å². The highest BCUT2D eigenvalue weighted by atomic mass is 35.5. The van der Waals surface area contributed by atoms with E-state index in [2.05, 4.69) is 10.6 Å². The molecule has 0 spiro atoms. The number of piperidine rings is 1. The number of benzene rings is 2. The quantitative estimate of drug-likeness (QED) is 0.627. The smallest absolute Gasteiger partial charge is 0.255 e. The van der Waals surface area contributed by atoms with Gasteiger partial charge in [0.2, 0.25) is 11.8 Å². The van der Waals surface area contributed by atoms with Gasteiger partial charge >= 0.3 is 0 Å². The van der Waals surface area contributed by atoms with Crippen molar-refractivity contribution in [2.75, 3.05) is 19.0 Å². The van der Waals surface area contributed by atoms with E-state index in [1.165, 1.54) is 13.2 Å². The molecule has 1 saturated heterocycles. The number of hydrogen-bond donors (Lipinski definition) is 2. The van der Waals surface area contributed by atoms with Gasteiger partial charge in [0.05, 0.1) is 24.2 Å². The van der Waals surface area contributed by atoms with Gasteiger partial charge in [0.1, 0.15) is 0 Å². The second kappa shape index (κ2) is 9.39. The summed E-state index contributed by atoms with van der Waals surface area (Å²) < 4.78 is 10.8. The van der Waals surface area contributed by atoms with Crippen molar-refractivity contribution < 1.29 is 23.9 Å². The number of nitrogens with one attached hydrogen (secondary N) is 2. The normalized spacial score (nSPS) is 18.3. The first-order valence-electron chi connectivity index (χ1n) is 10.1. The van der Waals surface area contributed by atoms with E-state index in [-0.39, 0.29) is 22.7 Å². The number of anilines is 1. The second-order valence-corrected chi connectivity index (χ2v) is 7.67. The monoisotopic (exact) mass is 444 g/mol. The maximum atomic E-state index is 12.7. The zero-order chi connectivity index (χ0) is 22.6. The van der Waals surface area contributed by atoms with Gasteiger partial charge in [0.25, 0.3) is 5.91 Å². The third kappa shape index (κ3) is 4.51. The van der Waals surface area contributed by atoms with Crippen molar-refractivity contribution in [3.63, 3.8) is 0 Å². The number of rotatable bonds is 7. The van der Waals surface area contributed by atoms with Crippen LogP contribution in [0.4, 0.5) is 5.69 Å². The van der Waals surface area contributed by atoms with Crippen LogP contribution < -0.4 is 20.1 Å². The molecule has 0 saturated carbocycles. The highest BCUT2D eigenvalue weighted by molar-refractivity contribution is 6.32. The number of ether oxygens (including phenoxy) is 2. The molecule has 8 heteroatoms. The zero-order valence-electron chi connectivity index (χ0n) is 17.7. The van der Waals surface area contributed by atoms with Crippen molar-refractivity contribution in [2.24, 2.45) is 0 Å². The Bertz CT molecular complexity index is 1010. The lowest BCUT2D eigenvalue weighted by Gasteiger charge is -2.35. The summed E-state index contributed by atoms with van der Waals surface area (Å²) in [6.45, 7) is 4.17. The topological polar surface area (TPSA) is 93.7 Å². The molecule has 3 rings (SSSR count). The first kappa shape index (κ1) is 22.6. The molecule has 0 aromatic heterocycles. The molecule has 0 unspecified atom stereocenters. The van der Waals surface area contributed by atoms with Crippen molar-refractivity contribution in [2.45, 2.75) is 38.5 Å². The summed E-state index contributed by atoms with van der Waals surface area (Å²) in [5.74, 6) is -0.122. The number of halogens is 1. The summed E-state index contributed by atoms with van der Waals surface area (Å²) >= 11 is 6.25. The Labute approximate surface area is 186 Å². The zero-order valence-corrected chi connectivity index (χ0v) is 18.5. The maximum Gasteiger partial charge on any atom is 0.255 e. The van der Waals surface area contributed by atoms with Crippen LogP contribution in [0.15, 0.2) is 36.4 Å². The predicted molar refractivity (Wildman–Crippen MR) is 118 cm³/mol. The molecule has 1 heterocycles. The Hall–Kier alpha value is -3.06. The minimum Gasteiger partial charge on any atom is -0.493 e. The van der Waals surface area contributed by atoms with Gasteiger partial charge in [-0.15, -0.1) is 0 Å². The number of imide groups is 1. The molecule has 164 valence electrons. The lowest BCUT2D eigenvalue weighted by Crippen LogP contribution is -2.51. The van der Waals surface area contributed by atoms with Crippen molar-refractivity contribution in [1.29, 1.82) is 0 Å². The summed E-state index contributed by atoms with van der Waals surface area (Å²) in [6, 6.07) is 10.2. The fourth-order valence-corrected chi connectivity index (χ4v) is 4.04. The number of hydrogen-bond acceptors (Lipinski definition) is 5. The molecule has 3 amide bonds. The van der Waals surface area contributed by atoms with Crippen LogP contribution in [0.5, 0.6) is 11.5 Å². The van der Waals surface area contributed by atoms with Gasteiger partial charge in [-0.2, -0.15) is 0 Å². The highest BCUT2D eigenvalue weighted by Crippen LogP contribution is 2.38. The fraction of sp³-hybridized carbons (Fsp3) is 0.348. The molecule has 7 nitrogen and oxygen atoms in total. The molecule has 2 aromatic rings. The number of amides is 3. The van der Waals surface area contributed by atoms with Gasteiger partial charge in [-0.25, -0.2) is 0 Å². The van der Waals surface area contributed by atoms with Crippen LogP contribution in [-0.2, 0) is 15.0 Å². The van der Waals surface area contributed by atoms with E-state index in [9.17, 15) is 14.4 Å². The van der Waals surface area contributed by atoms with E-state index in [1.807, 2.05) is 13.8 Å². The number of methoxy groups -OCH3 is 1. The van der Waals surface area contributed by atoms with Crippen LogP contribution in [-0.4, -0.2) is 31.4 Å². The average Bonchev–Trinajstić information content (AvgIpc) is 2.76. The third-order valence-corrected chi connectivity index (χ3v) is 5.83. The molecule has 1 aliphatic rings. The lowest BCUT2D eigenvalue weighted by atomic mass is 9.72. The van der Waals surface area contributed by atoms with E-state index in [4.69, 9.17) is 21.1 Å². The molecule has 1 aliphatic heterocycles. The molecule has 1 fully saturated rings. The van der Waals surface area contributed by atoms with Crippen LogP contribution in [0.25, 0.3) is 0 Å². The Morgan fingerprint density at radius 2 is 1.90 bits per heavy atom. The van der Waals surface area contributed by atoms with Gasteiger partial charge in [-0.3, -0.25) is 19.7 Å². The Morgan fingerprint density at radius 1 is 1.19 bits per heavy atom. The van der Waals surface area contributed by atoms with Crippen LogP contribution in [0.1, 0.15) is 49.0 Å². The minimum absolute atomic E-state index is 0.248. The largest absolute Gasteiger partial charge is 0.493 e. The molecule has 2 N–H and O–H groups in total. The van der Waals surface area contributed by atoms with Gasteiger partial charge in [-0.05, 0) is 49.6 Å². The minimum atomic E-state index is -0.744. The Kier molecular flexibility index (Phi) is 6.85. The highest BCUT2D eigenvalue weighted by Gasteiger charge is 2.42. The van der Waals surface area contributed by atoms with Gasteiger partial charge in [-0.1, -0.05) is 30.7 Å². The number of carbonyl (C=O) groups is 3. The number of carbonyl (C=O) groups excluding carboxylic acids is 3. The summed E-state index contributed by atoms with van der Waals surface area (Å²) in [5.41, 5.74) is 0.955. The Morgan fingerprint density at radius 3 is 2.48 bits per heavy atom. The van der Waals surface area contributed by atoms with Crippen LogP contribution >= 0.6 is 11.6 Å². The summed E-state index contributed by atoms with van der Waals surface area (Å²) in [6.07, 6.45) is 1.34. The average molecular weight is 445 g/mol. The first-order valence-corrected chi connectivity index (χ1v) is 10.5. The molecule has 0 bridgehead atoms. The van der Waals surface area contributed by atoms with E-state index in [0.29, 0.717) is 48.6 Å². The van der Waals surface area contributed by atoms with Crippen molar-refractivity contribution >= 4 is 35.0 Å². The molecule has 0 radical (unpaired) electrons. The summed E-state index contributed by atoms with van der Waals surface area (Å²) in [7, 11) is 1.48. The van der Waals surface area contributed by atoms with Crippen molar-refractivity contribution in [1.82, 2.24) is 5.32 Å². The van der Waals surface area contributed by atoms with Crippen LogP contribution in [0.2, 0.25) is 5.02 Å². The second-order valence-electron chi connectivity index (χ2n) is 7.27. The molecule has 2 aromatic carbocycles. The molecule has 0 aliphatic carbocycles. The van der Waals surface area contributed by atoms with Gasteiger partial charge < -0.3 is 14.8 Å². The summed E-state index contributed by atoms with van der Waals surface area (Å²) in [4.78, 5) is 36.8. The maximum absolute atomic E-state index is 12.7. The Balaban J connectivity index is 1.80. The molecule has 1 atom stereocenters. The van der Waals surface area contributed by atoms with Gasteiger partial charge in [0, 0.05) is 17.7 Å². The van der Waals surface area contributed by atoms with Gasteiger partial charge in [0.15, 0.2) is 11.5 Å². The van der Waals surface area contributed by atoms with Crippen molar-refractivity contribution in [3.8, 4) is 11.5 Å². The predicted octanol–water partition coefficient (Wildman–Crippen LogP) is 4.08. The van der Waals surface area contributed by atoms with E-state index >= 15 is 0 Å². The van der Waals surface area contributed by atoms with Crippen molar-refractivity contribution in [3.05, 3.63) is 52.5 Å². The van der Waals surface area contributed by atoms with Crippen LogP contribution in [0.3, 0.4) is 0 Å². The van der Waals surface area contributed by atoms with E-state index in [0.717, 1.165) is 5.56 Å². The standard InChI is InChI=1S/C23H25ClN2O5/c1-4-23(11-10-19(27)26-22(23)29)15-6-8-16(9-7-15)25-21(28)14-12-17(24)20(31-5-2)18(13-14)30-3/h6-9,12-13H,4-5,10-11H2,1-3H3,(H,25,28)(H,26,27,29)/t23-/m0/s1. The fourth-order valence-electron chi connectivity index (χ4n) is 3.78.